The lowest BCUT2D eigenvalue weighted by atomic mass is 10.1. The van der Waals surface area contributed by atoms with E-state index in [2.05, 4.69) is 4.99 Å². The Bertz CT molecular complexity index is 181. The Hall–Kier alpha value is -0.490. The summed E-state index contributed by atoms with van der Waals surface area (Å²) in [4.78, 5) is 3.95. The summed E-state index contributed by atoms with van der Waals surface area (Å²) in [6.07, 6.45) is -0.402. The van der Waals surface area contributed by atoms with E-state index in [1.165, 1.54) is 7.11 Å². The van der Waals surface area contributed by atoms with Gasteiger partial charge in [0.15, 0.2) is 6.23 Å². The number of aliphatic imine (C=N–C) groups is 1. The third kappa shape index (κ3) is 2.47. The van der Waals surface area contributed by atoms with Gasteiger partial charge in [-0.05, 0) is 13.1 Å². The number of hydrogen-bond acceptors (Lipinski definition) is 5. The molecule has 1 unspecified atom stereocenters. The van der Waals surface area contributed by atoms with E-state index in [4.69, 9.17) is 14.6 Å². The highest BCUT2D eigenvalue weighted by Crippen LogP contribution is 2.28. The molecule has 13 heavy (non-hydrogen) atoms. The van der Waals surface area contributed by atoms with E-state index >= 15 is 0 Å². The average molecular weight is 189 g/mol. The van der Waals surface area contributed by atoms with Crippen molar-refractivity contribution < 1.29 is 19.7 Å². The van der Waals surface area contributed by atoms with E-state index in [1.54, 1.807) is 13.1 Å². The topological polar surface area (TPSA) is 74.6 Å². The molecule has 4 atom stereocenters. The molecule has 0 aromatic carbocycles. The molecule has 1 saturated heterocycles. The van der Waals surface area contributed by atoms with Gasteiger partial charge < -0.3 is 19.7 Å². The molecule has 5 heteroatoms. The number of ether oxygens (including phenoxy) is 2. The number of nitrogens with zero attached hydrogens (tertiary/aromatic N) is 1. The van der Waals surface area contributed by atoms with Crippen LogP contribution in [0.5, 0.6) is 0 Å². The zero-order valence-corrected chi connectivity index (χ0v) is 7.75. The summed E-state index contributed by atoms with van der Waals surface area (Å²) in [5, 5.41) is 18.4. The molecule has 0 bridgehead atoms. The van der Waals surface area contributed by atoms with Crippen LogP contribution >= 0.6 is 0 Å². The molecule has 0 radical (unpaired) electrons. The van der Waals surface area contributed by atoms with E-state index in [9.17, 15) is 5.11 Å². The van der Waals surface area contributed by atoms with Gasteiger partial charge in [0.05, 0.1) is 6.61 Å². The zero-order valence-electron chi connectivity index (χ0n) is 7.75. The molecule has 0 aromatic rings. The fourth-order valence-electron chi connectivity index (χ4n) is 1.17. The quantitative estimate of drug-likeness (QED) is 0.437. The zero-order chi connectivity index (χ0) is 9.84. The number of aliphatic hydroxyl groups is 2. The van der Waals surface area contributed by atoms with Crippen molar-refractivity contribution in [2.75, 3.05) is 13.7 Å². The van der Waals surface area contributed by atoms with Crippen LogP contribution in [0.3, 0.4) is 0 Å². The Balaban J connectivity index is 2.37. The third-order valence-electron chi connectivity index (χ3n) is 2.00. The Morgan fingerprint density at radius 1 is 1.69 bits per heavy atom. The van der Waals surface area contributed by atoms with E-state index in [-0.39, 0.29) is 18.9 Å². The third-order valence-corrected chi connectivity index (χ3v) is 2.00. The summed E-state index contributed by atoms with van der Waals surface area (Å²) in [5.41, 5.74) is 0. The molecular weight excluding hydrogens is 174 g/mol. The van der Waals surface area contributed by atoms with Crippen LogP contribution in [0, 0.1) is 0 Å². The number of aliphatic hydroxyl groups excluding tert-OH is 2. The fraction of sp³-hybridized carbons (Fsp3) is 0.875. The van der Waals surface area contributed by atoms with Crippen LogP contribution in [0.2, 0.25) is 0 Å². The molecule has 0 spiro atoms. The van der Waals surface area contributed by atoms with Crippen LogP contribution < -0.4 is 0 Å². The predicted molar refractivity (Wildman–Crippen MR) is 46.7 cm³/mol. The van der Waals surface area contributed by atoms with Crippen molar-refractivity contribution in [2.45, 2.75) is 31.5 Å². The second kappa shape index (κ2) is 4.66. The van der Waals surface area contributed by atoms with Crippen LogP contribution in [-0.2, 0) is 9.47 Å². The van der Waals surface area contributed by atoms with Crippen molar-refractivity contribution >= 4 is 6.21 Å². The molecule has 1 aliphatic rings. The van der Waals surface area contributed by atoms with Crippen molar-refractivity contribution in [1.82, 2.24) is 0 Å². The molecule has 0 saturated carbocycles. The molecule has 0 amide bonds. The molecule has 1 heterocycles. The predicted octanol–water partition coefficient (Wildman–Crippen LogP) is -0.830. The van der Waals surface area contributed by atoms with Gasteiger partial charge in [0, 0.05) is 7.11 Å². The Labute approximate surface area is 77.0 Å². The Kier molecular flexibility index (Phi) is 3.80. The summed E-state index contributed by atoms with van der Waals surface area (Å²) < 4.78 is 9.92. The average Bonchev–Trinajstić information content (AvgIpc) is 2.87. The molecule has 2 N–H and O–H groups in total. The minimum atomic E-state index is -0.816. The lowest BCUT2D eigenvalue weighted by Crippen LogP contribution is -2.36. The van der Waals surface area contributed by atoms with E-state index in [0.29, 0.717) is 0 Å². The number of epoxide rings is 1. The molecule has 1 fully saturated rings. The lowest BCUT2D eigenvalue weighted by molar-refractivity contribution is -0.0508. The Morgan fingerprint density at radius 2 is 2.38 bits per heavy atom. The highest BCUT2D eigenvalue weighted by atomic mass is 16.6. The first-order valence-corrected chi connectivity index (χ1v) is 4.19. The first-order valence-electron chi connectivity index (χ1n) is 4.19. The van der Waals surface area contributed by atoms with Gasteiger partial charge in [-0.1, -0.05) is 0 Å². The second-order valence-corrected chi connectivity index (χ2v) is 2.85. The molecular formula is C8H15NO4. The summed E-state index contributed by atoms with van der Waals surface area (Å²) in [6, 6.07) is 0. The van der Waals surface area contributed by atoms with Gasteiger partial charge in [-0.25, -0.2) is 0 Å². The largest absolute Gasteiger partial charge is 0.394 e. The highest BCUT2D eigenvalue weighted by molar-refractivity contribution is 5.53. The first kappa shape index (κ1) is 10.6. The van der Waals surface area contributed by atoms with Crippen molar-refractivity contribution in [3.63, 3.8) is 0 Å². The number of hydrogen-bond donors (Lipinski definition) is 2. The van der Waals surface area contributed by atoms with Crippen molar-refractivity contribution in [1.29, 1.82) is 0 Å². The molecule has 1 rings (SSSR count). The molecule has 0 aromatic heterocycles. The summed E-state index contributed by atoms with van der Waals surface area (Å²) in [5.74, 6) is 0. The maximum absolute atomic E-state index is 9.56. The smallest absolute Gasteiger partial charge is 0.177 e. The maximum atomic E-state index is 9.56. The van der Waals surface area contributed by atoms with Crippen LogP contribution in [-0.4, -0.2) is 54.7 Å². The number of rotatable bonds is 5. The van der Waals surface area contributed by atoms with Crippen LogP contribution in [0.25, 0.3) is 0 Å². The SMILES string of the molecule is C/C=N/[C@H]1O[C@H]1C(O)[C@H](CO)OC. The summed E-state index contributed by atoms with van der Waals surface area (Å²) in [7, 11) is 1.44. The molecule has 0 aliphatic carbocycles. The van der Waals surface area contributed by atoms with Gasteiger partial charge in [-0.3, -0.25) is 4.99 Å². The van der Waals surface area contributed by atoms with Crippen LogP contribution in [0.1, 0.15) is 6.92 Å². The summed E-state index contributed by atoms with van der Waals surface area (Å²) in [6.45, 7) is 1.56. The minimum Gasteiger partial charge on any atom is -0.394 e. The molecule has 1 aliphatic heterocycles. The maximum Gasteiger partial charge on any atom is 0.177 e. The monoisotopic (exact) mass is 189 g/mol. The normalized spacial score (nSPS) is 32.0. The fourth-order valence-corrected chi connectivity index (χ4v) is 1.17. The van der Waals surface area contributed by atoms with Crippen LogP contribution in [0.4, 0.5) is 0 Å². The molecule has 76 valence electrons. The first-order chi connectivity index (χ1) is 6.24. The van der Waals surface area contributed by atoms with E-state index < -0.39 is 12.2 Å². The van der Waals surface area contributed by atoms with Gasteiger partial charge in [-0.15, -0.1) is 0 Å². The summed E-state index contributed by atoms with van der Waals surface area (Å²) >= 11 is 0. The van der Waals surface area contributed by atoms with E-state index in [0.717, 1.165) is 0 Å². The van der Waals surface area contributed by atoms with Gasteiger partial charge >= 0.3 is 0 Å². The van der Waals surface area contributed by atoms with Gasteiger partial charge in [0.25, 0.3) is 0 Å². The second-order valence-electron chi connectivity index (χ2n) is 2.85. The van der Waals surface area contributed by atoms with Gasteiger partial charge in [0.2, 0.25) is 0 Å². The lowest BCUT2D eigenvalue weighted by Gasteiger charge is -2.16. The standard InChI is InChI=1S/C8H15NO4/c1-3-9-8-7(13-8)6(11)5(4-10)12-2/h3,5-8,10-11H,4H2,1-2H3/b9-3+/t5-,6?,7-,8-/m0/s1. The van der Waals surface area contributed by atoms with Crippen LogP contribution in [0.15, 0.2) is 4.99 Å². The van der Waals surface area contributed by atoms with Crippen molar-refractivity contribution in [3.8, 4) is 0 Å². The Morgan fingerprint density at radius 3 is 2.85 bits per heavy atom. The van der Waals surface area contributed by atoms with E-state index in [1.807, 2.05) is 0 Å². The minimum absolute atomic E-state index is 0.222. The highest BCUT2D eigenvalue weighted by Gasteiger charge is 2.47. The van der Waals surface area contributed by atoms with Crippen molar-refractivity contribution in [2.24, 2.45) is 4.99 Å². The van der Waals surface area contributed by atoms with Gasteiger partial charge in [0.1, 0.15) is 18.3 Å². The van der Waals surface area contributed by atoms with Gasteiger partial charge in [-0.2, -0.15) is 0 Å². The number of methoxy groups -OCH3 is 1. The molecule has 5 nitrogen and oxygen atoms in total. The van der Waals surface area contributed by atoms with Crippen molar-refractivity contribution in [3.05, 3.63) is 0 Å².